The van der Waals surface area contributed by atoms with Crippen LogP contribution >= 0.6 is 0 Å². The van der Waals surface area contributed by atoms with Gasteiger partial charge in [-0.05, 0) is 30.7 Å². The first-order valence-corrected chi connectivity index (χ1v) is 7.57. The van der Waals surface area contributed by atoms with Gasteiger partial charge in [-0.2, -0.15) is 0 Å². The van der Waals surface area contributed by atoms with Gasteiger partial charge >= 0.3 is 0 Å². The van der Waals surface area contributed by atoms with E-state index >= 15 is 0 Å². The van der Waals surface area contributed by atoms with Crippen molar-refractivity contribution in [1.29, 1.82) is 0 Å². The minimum Gasteiger partial charge on any atom is -0.381 e. The van der Waals surface area contributed by atoms with E-state index in [-0.39, 0.29) is 11.3 Å². The molecule has 0 atom stereocenters. The molecular formula is C17H25NO2. The standard InChI is InChI=1S/C17H25NO2/c1-14(2)13-20-12-6-11-18-16(19)17(9-10-17)15-7-4-3-5-8-15/h3-5,7-8,14H,6,9-13H2,1-2H3,(H,18,19). The second kappa shape index (κ2) is 6.89. The first-order chi connectivity index (χ1) is 9.65. The normalized spacial score (nSPS) is 16.1. The van der Waals surface area contributed by atoms with Crippen molar-refractivity contribution < 1.29 is 9.53 Å². The molecule has 1 aromatic carbocycles. The van der Waals surface area contributed by atoms with Crippen molar-refractivity contribution in [2.75, 3.05) is 19.8 Å². The van der Waals surface area contributed by atoms with Crippen LogP contribution in [0.25, 0.3) is 0 Å². The lowest BCUT2D eigenvalue weighted by atomic mass is 9.95. The van der Waals surface area contributed by atoms with Gasteiger partial charge in [0.1, 0.15) is 0 Å². The van der Waals surface area contributed by atoms with Gasteiger partial charge in [-0.1, -0.05) is 44.2 Å². The van der Waals surface area contributed by atoms with Crippen LogP contribution in [0.5, 0.6) is 0 Å². The molecule has 1 aliphatic carbocycles. The number of hydrogen-bond donors (Lipinski definition) is 1. The van der Waals surface area contributed by atoms with E-state index in [1.54, 1.807) is 0 Å². The van der Waals surface area contributed by atoms with Crippen LogP contribution in [0, 0.1) is 5.92 Å². The Morgan fingerprint density at radius 1 is 1.30 bits per heavy atom. The summed E-state index contributed by atoms with van der Waals surface area (Å²) in [5.41, 5.74) is 0.897. The number of ether oxygens (including phenoxy) is 1. The van der Waals surface area contributed by atoms with Crippen molar-refractivity contribution >= 4 is 5.91 Å². The molecule has 2 rings (SSSR count). The largest absolute Gasteiger partial charge is 0.381 e. The molecule has 0 bridgehead atoms. The number of nitrogens with one attached hydrogen (secondary N) is 1. The van der Waals surface area contributed by atoms with Crippen LogP contribution in [-0.4, -0.2) is 25.7 Å². The number of benzene rings is 1. The van der Waals surface area contributed by atoms with Crippen LogP contribution in [0.2, 0.25) is 0 Å². The smallest absolute Gasteiger partial charge is 0.230 e. The molecule has 0 aliphatic heterocycles. The molecule has 110 valence electrons. The minimum absolute atomic E-state index is 0.174. The monoisotopic (exact) mass is 275 g/mol. The third-order valence-corrected chi connectivity index (χ3v) is 3.71. The Labute approximate surface area is 121 Å². The van der Waals surface area contributed by atoms with Crippen molar-refractivity contribution in [2.24, 2.45) is 5.92 Å². The van der Waals surface area contributed by atoms with Crippen molar-refractivity contribution in [1.82, 2.24) is 5.32 Å². The molecule has 1 fully saturated rings. The molecule has 0 aromatic heterocycles. The topological polar surface area (TPSA) is 38.3 Å². The summed E-state index contributed by atoms with van der Waals surface area (Å²) in [6, 6.07) is 10.1. The van der Waals surface area contributed by atoms with E-state index in [1.165, 1.54) is 0 Å². The second-order valence-corrected chi connectivity index (χ2v) is 6.03. The summed E-state index contributed by atoms with van der Waals surface area (Å²) in [6.45, 7) is 6.49. The van der Waals surface area contributed by atoms with E-state index in [0.717, 1.165) is 38.0 Å². The number of carbonyl (C=O) groups is 1. The van der Waals surface area contributed by atoms with Gasteiger partial charge in [-0.15, -0.1) is 0 Å². The Morgan fingerprint density at radius 2 is 2.00 bits per heavy atom. The molecule has 3 heteroatoms. The van der Waals surface area contributed by atoms with Gasteiger partial charge in [0.05, 0.1) is 5.41 Å². The summed E-state index contributed by atoms with van der Waals surface area (Å²) in [6.07, 6.45) is 2.81. The highest BCUT2D eigenvalue weighted by Crippen LogP contribution is 2.48. The highest BCUT2D eigenvalue weighted by atomic mass is 16.5. The summed E-state index contributed by atoms with van der Waals surface area (Å²) in [7, 11) is 0. The van der Waals surface area contributed by atoms with E-state index in [2.05, 4.69) is 31.3 Å². The van der Waals surface area contributed by atoms with Crippen molar-refractivity contribution in [3.8, 4) is 0 Å². The Hall–Kier alpha value is -1.35. The fourth-order valence-electron chi connectivity index (χ4n) is 2.39. The zero-order chi connectivity index (χ0) is 14.4. The van der Waals surface area contributed by atoms with E-state index < -0.39 is 0 Å². The molecule has 1 N–H and O–H groups in total. The molecule has 3 nitrogen and oxygen atoms in total. The highest BCUT2D eigenvalue weighted by Gasteiger charge is 2.50. The number of hydrogen-bond acceptors (Lipinski definition) is 2. The Morgan fingerprint density at radius 3 is 2.60 bits per heavy atom. The van der Waals surface area contributed by atoms with Gasteiger partial charge in [-0.3, -0.25) is 4.79 Å². The molecule has 0 heterocycles. The first-order valence-electron chi connectivity index (χ1n) is 7.57. The summed E-state index contributed by atoms with van der Waals surface area (Å²) >= 11 is 0. The molecule has 1 amide bonds. The van der Waals surface area contributed by atoms with Crippen LogP contribution in [0.4, 0.5) is 0 Å². The SMILES string of the molecule is CC(C)COCCCNC(=O)C1(c2ccccc2)CC1. The van der Waals surface area contributed by atoms with Gasteiger partial charge in [-0.25, -0.2) is 0 Å². The minimum atomic E-state index is -0.250. The summed E-state index contributed by atoms with van der Waals surface area (Å²) < 4.78 is 5.51. The number of carbonyl (C=O) groups excluding carboxylic acids is 1. The van der Waals surface area contributed by atoms with Gasteiger partial charge < -0.3 is 10.1 Å². The molecule has 0 radical (unpaired) electrons. The van der Waals surface area contributed by atoms with Crippen LogP contribution in [0.1, 0.15) is 38.7 Å². The lowest BCUT2D eigenvalue weighted by Gasteiger charge is -2.15. The maximum atomic E-state index is 12.3. The zero-order valence-electron chi connectivity index (χ0n) is 12.5. The average molecular weight is 275 g/mol. The van der Waals surface area contributed by atoms with E-state index in [4.69, 9.17) is 4.74 Å². The molecule has 0 saturated heterocycles. The summed E-state index contributed by atoms with van der Waals surface area (Å²) in [5, 5.41) is 3.05. The van der Waals surface area contributed by atoms with Gasteiger partial charge in [0.15, 0.2) is 0 Å². The Balaban J connectivity index is 1.70. The maximum Gasteiger partial charge on any atom is 0.230 e. The van der Waals surface area contributed by atoms with E-state index in [9.17, 15) is 4.79 Å². The lowest BCUT2D eigenvalue weighted by Crippen LogP contribution is -2.35. The third kappa shape index (κ3) is 3.83. The first kappa shape index (κ1) is 15.0. The molecule has 20 heavy (non-hydrogen) atoms. The number of rotatable bonds is 8. The van der Waals surface area contributed by atoms with Crippen LogP contribution in [-0.2, 0) is 14.9 Å². The van der Waals surface area contributed by atoms with Crippen molar-refractivity contribution in [3.63, 3.8) is 0 Å². The number of amides is 1. The maximum absolute atomic E-state index is 12.3. The van der Waals surface area contributed by atoms with Crippen molar-refractivity contribution in [2.45, 2.75) is 38.5 Å². The van der Waals surface area contributed by atoms with Crippen LogP contribution < -0.4 is 5.32 Å². The lowest BCUT2D eigenvalue weighted by molar-refractivity contribution is -0.123. The van der Waals surface area contributed by atoms with Crippen molar-refractivity contribution in [3.05, 3.63) is 35.9 Å². The fourth-order valence-corrected chi connectivity index (χ4v) is 2.39. The molecule has 0 unspecified atom stereocenters. The zero-order valence-corrected chi connectivity index (χ0v) is 12.5. The predicted molar refractivity (Wildman–Crippen MR) is 80.6 cm³/mol. The summed E-state index contributed by atoms with van der Waals surface area (Å²) in [5.74, 6) is 0.741. The molecule has 0 spiro atoms. The van der Waals surface area contributed by atoms with Crippen LogP contribution in [0.3, 0.4) is 0 Å². The highest BCUT2D eigenvalue weighted by molar-refractivity contribution is 5.91. The van der Waals surface area contributed by atoms with Gasteiger partial charge in [0, 0.05) is 19.8 Å². The van der Waals surface area contributed by atoms with E-state index in [1.807, 2.05) is 18.2 Å². The molecule has 1 aliphatic rings. The predicted octanol–water partition coefficient (Wildman–Crippen LogP) is 2.90. The summed E-state index contributed by atoms with van der Waals surface area (Å²) in [4.78, 5) is 12.3. The Bertz CT molecular complexity index is 424. The van der Waals surface area contributed by atoms with E-state index in [0.29, 0.717) is 12.5 Å². The van der Waals surface area contributed by atoms with Crippen LogP contribution in [0.15, 0.2) is 30.3 Å². The third-order valence-electron chi connectivity index (χ3n) is 3.71. The molecular weight excluding hydrogens is 250 g/mol. The van der Waals surface area contributed by atoms with Gasteiger partial charge in [0.25, 0.3) is 0 Å². The quantitative estimate of drug-likeness (QED) is 0.741. The average Bonchev–Trinajstić information content (AvgIpc) is 3.25. The molecule has 1 aromatic rings. The van der Waals surface area contributed by atoms with Gasteiger partial charge in [0.2, 0.25) is 5.91 Å². The Kier molecular flexibility index (Phi) is 5.18. The second-order valence-electron chi connectivity index (χ2n) is 6.03. The molecule has 1 saturated carbocycles. The fraction of sp³-hybridized carbons (Fsp3) is 0.588.